The molecule has 2 aromatic heterocycles. The van der Waals surface area contributed by atoms with Gasteiger partial charge in [0.1, 0.15) is 11.3 Å². The average Bonchev–Trinajstić information content (AvgIpc) is 3.15. The van der Waals surface area contributed by atoms with E-state index in [0.29, 0.717) is 22.5 Å². The van der Waals surface area contributed by atoms with Crippen molar-refractivity contribution in [3.8, 4) is 11.3 Å². The minimum atomic E-state index is -3.09. The molecule has 0 amide bonds. The van der Waals surface area contributed by atoms with Crippen LogP contribution in [-0.2, 0) is 11.3 Å². The third kappa shape index (κ3) is 1.89. The van der Waals surface area contributed by atoms with Crippen molar-refractivity contribution in [1.29, 1.82) is 0 Å². The second-order valence-corrected chi connectivity index (χ2v) is 8.73. The van der Waals surface area contributed by atoms with Gasteiger partial charge in [0.25, 0.3) is 5.92 Å². The summed E-state index contributed by atoms with van der Waals surface area (Å²) in [5.74, 6) is -3.09. The molecule has 0 N–H and O–H groups in total. The molecule has 5 aromatic rings. The van der Waals surface area contributed by atoms with E-state index in [2.05, 4.69) is 6.07 Å². The Morgan fingerprint density at radius 3 is 2.23 bits per heavy atom. The number of aryl methyl sites for hydroxylation is 1. The summed E-state index contributed by atoms with van der Waals surface area (Å²) >= 11 is 0. The molecule has 0 radical (unpaired) electrons. The van der Waals surface area contributed by atoms with Crippen molar-refractivity contribution in [2.75, 3.05) is 0 Å². The highest BCUT2D eigenvalue weighted by Gasteiger charge is 2.56. The Kier molecular flexibility index (Phi) is 3.19. The molecule has 2 nitrogen and oxygen atoms in total. The summed E-state index contributed by atoms with van der Waals surface area (Å²) in [5.41, 5.74) is 2.87. The van der Waals surface area contributed by atoms with Gasteiger partial charge in [-0.1, -0.05) is 66.7 Å². The fourth-order valence-electron chi connectivity index (χ4n) is 5.04. The molecule has 0 atom stereocenters. The first kappa shape index (κ1) is 17.6. The van der Waals surface area contributed by atoms with E-state index in [-0.39, 0.29) is 5.69 Å². The van der Waals surface area contributed by atoms with Crippen LogP contribution in [-0.4, -0.2) is 9.38 Å². The Labute approximate surface area is 172 Å². The molecule has 0 spiro atoms. The number of nitrogens with zero attached hydrogens (tertiary/aromatic N) is 2. The standard InChI is InChI=1S/C26H20F2N2/c1-15-13-14-19-22-20(15)17-11-7-8-12-18(17)24-29-21(16-9-5-4-6-10-16)23(30(22)24)26(27,28)25(19,2)3/h4-14H,1-3H3. The highest BCUT2D eigenvalue weighted by molar-refractivity contribution is 6.14. The Balaban J connectivity index is 1.99. The summed E-state index contributed by atoms with van der Waals surface area (Å²) in [6, 6.07) is 21.1. The maximum Gasteiger partial charge on any atom is 0.299 e. The molecule has 4 heteroatoms. The summed E-state index contributed by atoms with van der Waals surface area (Å²) in [5, 5.41) is 2.97. The van der Waals surface area contributed by atoms with Gasteiger partial charge in [-0.15, -0.1) is 0 Å². The van der Waals surface area contributed by atoms with Crippen LogP contribution in [0.4, 0.5) is 8.78 Å². The number of pyridine rings is 1. The molecular weight excluding hydrogens is 378 g/mol. The predicted molar refractivity (Wildman–Crippen MR) is 117 cm³/mol. The normalized spacial score (nSPS) is 16.7. The number of hydrogen-bond acceptors (Lipinski definition) is 1. The van der Waals surface area contributed by atoms with Gasteiger partial charge >= 0.3 is 0 Å². The highest BCUT2D eigenvalue weighted by Crippen LogP contribution is 2.55. The Hall–Kier alpha value is -3.27. The maximum atomic E-state index is 16.2. The first-order chi connectivity index (χ1) is 14.3. The lowest BCUT2D eigenvalue weighted by Gasteiger charge is -2.39. The smallest absolute Gasteiger partial charge is 0.289 e. The molecule has 0 fully saturated rings. The molecule has 0 aliphatic carbocycles. The number of hydrogen-bond donors (Lipinski definition) is 0. The SMILES string of the molecule is Cc1ccc2c3c1c1ccccc1c1nc(-c4ccccc4)c(n13)C(F)(F)C2(C)C. The number of fused-ring (bicyclic) bond motifs is 3. The second kappa shape index (κ2) is 5.45. The summed E-state index contributed by atoms with van der Waals surface area (Å²) in [7, 11) is 0. The Morgan fingerprint density at radius 1 is 0.833 bits per heavy atom. The Morgan fingerprint density at radius 2 is 1.50 bits per heavy atom. The van der Waals surface area contributed by atoms with Gasteiger partial charge in [-0.25, -0.2) is 4.98 Å². The molecule has 3 heterocycles. The van der Waals surface area contributed by atoms with Crippen molar-refractivity contribution in [3.05, 3.63) is 83.6 Å². The largest absolute Gasteiger partial charge is 0.299 e. The average molecular weight is 398 g/mol. The fraction of sp³-hybridized carbons (Fsp3) is 0.192. The van der Waals surface area contributed by atoms with E-state index < -0.39 is 11.3 Å². The summed E-state index contributed by atoms with van der Waals surface area (Å²) in [4.78, 5) is 4.84. The van der Waals surface area contributed by atoms with E-state index in [1.54, 1.807) is 18.2 Å². The quantitative estimate of drug-likeness (QED) is 0.278. The molecule has 3 aromatic carbocycles. The van der Waals surface area contributed by atoms with Crippen molar-refractivity contribution < 1.29 is 8.78 Å². The lowest BCUT2D eigenvalue weighted by molar-refractivity contribution is -0.0785. The monoisotopic (exact) mass is 398 g/mol. The van der Waals surface area contributed by atoms with Crippen LogP contribution in [0.5, 0.6) is 0 Å². The molecule has 30 heavy (non-hydrogen) atoms. The van der Waals surface area contributed by atoms with Crippen LogP contribution in [0.2, 0.25) is 0 Å². The van der Waals surface area contributed by atoms with E-state index in [9.17, 15) is 0 Å². The van der Waals surface area contributed by atoms with Gasteiger partial charge in [0.2, 0.25) is 0 Å². The van der Waals surface area contributed by atoms with Crippen LogP contribution in [0.3, 0.4) is 0 Å². The van der Waals surface area contributed by atoms with Crippen LogP contribution >= 0.6 is 0 Å². The van der Waals surface area contributed by atoms with Crippen molar-refractivity contribution in [2.24, 2.45) is 0 Å². The third-order valence-corrected chi connectivity index (χ3v) is 6.73. The first-order valence-corrected chi connectivity index (χ1v) is 10.1. The van der Waals surface area contributed by atoms with Crippen molar-refractivity contribution in [3.63, 3.8) is 0 Å². The molecule has 0 saturated carbocycles. The third-order valence-electron chi connectivity index (χ3n) is 6.73. The minimum absolute atomic E-state index is 0.0115. The van der Waals surface area contributed by atoms with E-state index in [1.165, 1.54) is 0 Å². The van der Waals surface area contributed by atoms with Gasteiger partial charge in [0.05, 0.1) is 16.6 Å². The molecule has 0 bridgehead atoms. The molecule has 1 aliphatic heterocycles. The molecule has 0 saturated heterocycles. The summed E-state index contributed by atoms with van der Waals surface area (Å²) in [6.07, 6.45) is 0. The van der Waals surface area contributed by atoms with E-state index in [1.807, 2.05) is 67.6 Å². The van der Waals surface area contributed by atoms with Gasteiger partial charge in [-0.2, -0.15) is 8.78 Å². The lowest BCUT2D eigenvalue weighted by atomic mass is 9.73. The van der Waals surface area contributed by atoms with Gasteiger partial charge in [0.15, 0.2) is 0 Å². The van der Waals surface area contributed by atoms with Crippen LogP contribution in [0.15, 0.2) is 66.7 Å². The van der Waals surface area contributed by atoms with Gasteiger partial charge in [-0.05, 0) is 37.3 Å². The van der Waals surface area contributed by atoms with Crippen molar-refractivity contribution >= 4 is 27.3 Å². The zero-order valence-corrected chi connectivity index (χ0v) is 17.0. The van der Waals surface area contributed by atoms with Crippen molar-refractivity contribution in [1.82, 2.24) is 9.38 Å². The second-order valence-electron chi connectivity index (χ2n) is 8.73. The number of alkyl halides is 2. The Bertz CT molecular complexity index is 1490. The molecule has 148 valence electrons. The number of halogens is 2. The van der Waals surface area contributed by atoms with Crippen LogP contribution in [0.1, 0.15) is 30.7 Å². The first-order valence-electron chi connectivity index (χ1n) is 10.1. The number of aromatic nitrogens is 2. The zero-order valence-electron chi connectivity index (χ0n) is 17.0. The van der Waals surface area contributed by atoms with Crippen LogP contribution in [0.25, 0.3) is 38.6 Å². The number of benzene rings is 3. The zero-order chi connectivity index (χ0) is 20.8. The predicted octanol–water partition coefficient (Wildman–Crippen LogP) is 7.00. The van der Waals surface area contributed by atoms with Crippen LogP contribution in [0, 0.1) is 6.92 Å². The molecule has 1 aliphatic rings. The summed E-state index contributed by atoms with van der Waals surface area (Å²) in [6.45, 7) is 5.33. The van der Waals surface area contributed by atoms with Gasteiger partial charge in [-0.3, -0.25) is 4.40 Å². The van der Waals surface area contributed by atoms with E-state index >= 15 is 8.78 Å². The number of rotatable bonds is 1. The van der Waals surface area contributed by atoms with Gasteiger partial charge < -0.3 is 0 Å². The fourth-order valence-corrected chi connectivity index (χ4v) is 5.04. The lowest BCUT2D eigenvalue weighted by Crippen LogP contribution is -2.42. The molecule has 6 rings (SSSR count). The number of imidazole rings is 1. The molecule has 0 unspecified atom stereocenters. The summed E-state index contributed by atoms with van der Waals surface area (Å²) < 4.78 is 34.1. The molecular formula is C26H20F2N2. The highest BCUT2D eigenvalue weighted by atomic mass is 19.3. The van der Waals surface area contributed by atoms with Crippen LogP contribution < -0.4 is 0 Å². The van der Waals surface area contributed by atoms with Crippen molar-refractivity contribution in [2.45, 2.75) is 32.1 Å². The van der Waals surface area contributed by atoms with E-state index in [4.69, 9.17) is 4.98 Å². The van der Waals surface area contributed by atoms with Gasteiger partial charge in [0, 0.05) is 16.3 Å². The topological polar surface area (TPSA) is 17.3 Å². The van der Waals surface area contributed by atoms with E-state index in [0.717, 1.165) is 27.2 Å². The minimum Gasteiger partial charge on any atom is -0.289 e. The maximum absolute atomic E-state index is 16.2.